The summed E-state index contributed by atoms with van der Waals surface area (Å²) in [5.41, 5.74) is 0.945. The quantitative estimate of drug-likeness (QED) is 0.842. The van der Waals surface area contributed by atoms with Crippen molar-refractivity contribution < 1.29 is 19.8 Å². The Morgan fingerprint density at radius 1 is 1.08 bits per heavy atom. The standard InChI is InChI=1S/C20H24N2O4/c1-20(19(25)26)12-16(18(23)24)11-17(13-20)22-9-7-21(8-10-22)14-15-5-3-2-4-6-15/h2-6,11,13H,7-10,12,14H2,1H3,(H,23,24)(H,25,26). The van der Waals surface area contributed by atoms with E-state index in [1.807, 2.05) is 18.2 Å². The number of carbonyl (C=O) groups is 2. The summed E-state index contributed by atoms with van der Waals surface area (Å²) in [4.78, 5) is 27.5. The van der Waals surface area contributed by atoms with Gasteiger partial charge in [0.2, 0.25) is 0 Å². The fourth-order valence-electron chi connectivity index (χ4n) is 3.51. The van der Waals surface area contributed by atoms with Crippen molar-refractivity contribution in [3.8, 4) is 0 Å². The summed E-state index contributed by atoms with van der Waals surface area (Å²) in [7, 11) is 0. The molecular weight excluding hydrogens is 332 g/mol. The van der Waals surface area contributed by atoms with Crippen LogP contribution in [0, 0.1) is 5.41 Å². The Morgan fingerprint density at radius 2 is 1.73 bits per heavy atom. The molecule has 6 heteroatoms. The van der Waals surface area contributed by atoms with Crippen molar-refractivity contribution in [2.24, 2.45) is 5.41 Å². The first-order chi connectivity index (χ1) is 12.4. The molecule has 26 heavy (non-hydrogen) atoms. The average molecular weight is 356 g/mol. The fraction of sp³-hybridized carbons (Fsp3) is 0.400. The lowest BCUT2D eigenvalue weighted by Gasteiger charge is -2.39. The molecule has 2 N–H and O–H groups in total. The minimum absolute atomic E-state index is 0.00907. The fourth-order valence-corrected chi connectivity index (χ4v) is 3.51. The summed E-state index contributed by atoms with van der Waals surface area (Å²) in [6.45, 7) is 5.67. The molecule has 1 aromatic rings. The van der Waals surface area contributed by atoms with Gasteiger partial charge in [-0.3, -0.25) is 9.69 Å². The maximum atomic E-state index is 11.6. The van der Waals surface area contributed by atoms with Crippen LogP contribution in [-0.4, -0.2) is 58.1 Å². The highest BCUT2D eigenvalue weighted by Crippen LogP contribution is 2.35. The first-order valence-electron chi connectivity index (χ1n) is 8.79. The molecule has 3 rings (SSSR count). The molecule has 6 nitrogen and oxygen atoms in total. The van der Waals surface area contributed by atoms with Gasteiger partial charge in [0.25, 0.3) is 0 Å². The molecule has 0 spiro atoms. The van der Waals surface area contributed by atoms with Gasteiger partial charge in [-0.15, -0.1) is 0 Å². The molecule has 1 fully saturated rings. The first-order valence-corrected chi connectivity index (χ1v) is 8.79. The number of hydrogen-bond acceptors (Lipinski definition) is 4. The highest BCUT2D eigenvalue weighted by atomic mass is 16.4. The van der Waals surface area contributed by atoms with Crippen molar-refractivity contribution in [2.75, 3.05) is 26.2 Å². The van der Waals surface area contributed by atoms with Crippen LogP contribution in [0.25, 0.3) is 0 Å². The third-order valence-electron chi connectivity index (χ3n) is 5.10. The molecule has 2 aliphatic rings. The van der Waals surface area contributed by atoms with Gasteiger partial charge in [-0.05, 0) is 31.1 Å². The monoisotopic (exact) mass is 356 g/mol. The smallest absolute Gasteiger partial charge is 0.331 e. The summed E-state index contributed by atoms with van der Waals surface area (Å²) in [6, 6.07) is 10.3. The summed E-state index contributed by atoms with van der Waals surface area (Å²) < 4.78 is 0. The molecule has 0 amide bonds. The van der Waals surface area contributed by atoms with Crippen LogP contribution in [0.2, 0.25) is 0 Å². The minimum Gasteiger partial charge on any atom is -0.481 e. The summed E-state index contributed by atoms with van der Waals surface area (Å²) >= 11 is 0. The average Bonchev–Trinajstić information content (AvgIpc) is 2.62. The summed E-state index contributed by atoms with van der Waals surface area (Å²) in [5, 5.41) is 18.9. The highest BCUT2D eigenvalue weighted by Gasteiger charge is 2.37. The Kier molecular flexibility index (Phi) is 5.13. The molecule has 1 heterocycles. The molecule has 0 aromatic heterocycles. The molecule has 0 radical (unpaired) electrons. The number of rotatable bonds is 5. The highest BCUT2D eigenvalue weighted by molar-refractivity contribution is 5.90. The second-order valence-corrected chi connectivity index (χ2v) is 7.19. The first kappa shape index (κ1) is 18.2. The van der Waals surface area contributed by atoms with E-state index >= 15 is 0 Å². The van der Waals surface area contributed by atoms with E-state index in [1.54, 1.807) is 19.1 Å². The SMILES string of the molecule is CC1(C(=O)O)C=C(N2CCN(Cc3ccccc3)CC2)C=C(C(=O)O)C1. The molecule has 138 valence electrons. The Labute approximate surface area is 153 Å². The van der Waals surface area contributed by atoms with Gasteiger partial charge in [-0.1, -0.05) is 30.3 Å². The number of benzene rings is 1. The van der Waals surface area contributed by atoms with E-state index in [9.17, 15) is 19.8 Å². The second-order valence-electron chi connectivity index (χ2n) is 7.19. The van der Waals surface area contributed by atoms with Crippen LogP contribution in [0.3, 0.4) is 0 Å². The van der Waals surface area contributed by atoms with Crippen LogP contribution in [-0.2, 0) is 16.1 Å². The third kappa shape index (κ3) is 3.96. The Balaban J connectivity index is 1.70. The zero-order chi connectivity index (χ0) is 18.7. The molecule has 1 aliphatic heterocycles. The van der Waals surface area contributed by atoms with Crippen LogP contribution in [0.15, 0.2) is 53.8 Å². The number of carboxylic acids is 2. The number of aliphatic carboxylic acids is 2. The lowest BCUT2D eigenvalue weighted by molar-refractivity contribution is -0.145. The van der Waals surface area contributed by atoms with Crippen LogP contribution in [0.5, 0.6) is 0 Å². The zero-order valence-electron chi connectivity index (χ0n) is 14.9. The van der Waals surface area contributed by atoms with Crippen molar-refractivity contribution in [1.82, 2.24) is 9.80 Å². The molecule has 1 saturated heterocycles. The van der Waals surface area contributed by atoms with Gasteiger partial charge in [0, 0.05) is 44.0 Å². The topological polar surface area (TPSA) is 81.1 Å². The molecule has 1 unspecified atom stereocenters. The third-order valence-corrected chi connectivity index (χ3v) is 5.10. The lowest BCUT2D eigenvalue weighted by Crippen LogP contribution is -2.46. The van der Waals surface area contributed by atoms with Gasteiger partial charge in [0.05, 0.1) is 5.41 Å². The van der Waals surface area contributed by atoms with E-state index in [1.165, 1.54) is 5.56 Å². The second kappa shape index (κ2) is 7.33. The summed E-state index contributed by atoms with van der Waals surface area (Å²) in [5.74, 6) is -2.05. The van der Waals surface area contributed by atoms with Gasteiger partial charge in [-0.25, -0.2) is 4.79 Å². The van der Waals surface area contributed by atoms with Crippen molar-refractivity contribution in [1.29, 1.82) is 0 Å². The molecule has 1 atom stereocenters. The maximum absolute atomic E-state index is 11.6. The van der Waals surface area contributed by atoms with E-state index in [0.717, 1.165) is 32.7 Å². The van der Waals surface area contributed by atoms with E-state index < -0.39 is 17.4 Å². The number of piperazine rings is 1. The van der Waals surface area contributed by atoms with Gasteiger partial charge in [0.1, 0.15) is 0 Å². The van der Waals surface area contributed by atoms with Crippen molar-refractivity contribution in [3.05, 3.63) is 59.3 Å². The van der Waals surface area contributed by atoms with Crippen molar-refractivity contribution in [2.45, 2.75) is 19.9 Å². The van der Waals surface area contributed by atoms with Gasteiger partial charge < -0.3 is 15.1 Å². The number of nitrogens with zero attached hydrogens (tertiary/aromatic N) is 2. The normalized spacial score (nSPS) is 24.0. The Bertz CT molecular complexity index is 748. The van der Waals surface area contributed by atoms with Crippen LogP contribution >= 0.6 is 0 Å². The predicted octanol–water partition coefficient (Wildman–Crippen LogP) is 2.19. The molecule has 1 aliphatic carbocycles. The predicted molar refractivity (Wildman–Crippen MR) is 97.5 cm³/mol. The Morgan fingerprint density at radius 3 is 2.31 bits per heavy atom. The molecule has 0 saturated carbocycles. The molecule has 1 aromatic carbocycles. The number of carboxylic acid groups (broad SMARTS) is 2. The lowest BCUT2D eigenvalue weighted by atomic mass is 9.79. The van der Waals surface area contributed by atoms with E-state index in [-0.39, 0.29) is 12.0 Å². The van der Waals surface area contributed by atoms with Crippen molar-refractivity contribution in [3.63, 3.8) is 0 Å². The van der Waals surface area contributed by atoms with E-state index in [0.29, 0.717) is 5.70 Å². The van der Waals surface area contributed by atoms with Gasteiger partial charge >= 0.3 is 11.9 Å². The van der Waals surface area contributed by atoms with Gasteiger partial charge in [0.15, 0.2) is 0 Å². The van der Waals surface area contributed by atoms with E-state index in [4.69, 9.17) is 0 Å². The van der Waals surface area contributed by atoms with Gasteiger partial charge in [-0.2, -0.15) is 0 Å². The van der Waals surface area contributed by atoms with Crippen LogP contribution in [0.4, 0.5) is 0 Å². The number of allylic oxidation sites excluding steroid dienone is 1. The maximum Gasteiger partial charge on any atom is 0.331 e. The summed E-state index contributed by atoms with van der Waals surface area (Å²) in [6.07, 6.45) is 3.34. The van der Waals surface area contributed by atoms with Crippen LogP contribution < -0.4 is 0 Å². The van der Waals surface area contributed by atoms with E-state index in [2.05, 4.69) is 21.9 Å². The number of hydrogen-bond donors (Lipinski definition) is 2. The van der Waals surface area contributed by atoms with Crippen molar-refractivity contribution >= 4 is 11.9 Å². The Hall–Kier alpha value is -2.60. The molecule has 0 bridgehead atoms. The molecular formula is C20H24N2O4. The van der Waals surface area contributed by atoms with Crippen LogP contribution in [0.1, 0.15) is 18.9 Å². The zero-order valence-corrected chi connectivity index (χ0v) is 14.9. The minimum atomic E-state index is -1.18. The largest absolute Gasteiger partial charge is 0.481 e.